The summed E-state index contributed by atoms with van der Waals surface area (Å²) >= 11 is 0. The molecule has 3 N–H and O–H groups in total. The van der Waals surface area contributed by atoms with Crippen LogP contribution in [0.3, 0.4) is 0 Å². The van der Waals surface area contributed by atoms with Crippen LogP contribution in [0.15, 0.2) is 54.6 Å². The summed E-state index contributed by atoms with van der Waals surface area (Å²) in [5, 5.41) is 2.84. The van der Waals surface area contributed by atoms with Crippen LogP contribution in [0, 0.1) is 0 Å². The van der Waals surface area contributed by atoms with Gasteiger partial charge in [-0.25, -0.2) is 4.79 Å². The number of hydrogen-bond acceptors (Lipinski definition) is 3. The van der Waals surface area contributed by atoms with Gasteiger partial charge in [-0.1, -0.05) is 54.6 Å². The van der Waals surface area contributed by atoms with Crippen LogP contribution in [0.2, 0.25) is 0 Å². The van der Waals surface area contributed by atoms with Gasteiger partial charge >= 0.3 is 6.09 Å². The first-order valence-corrected chi connectivity index (χ1v) is 7.39. The second kappa shape index (κ2) is 7.61. The highest BCUT2D eigenvalue weighted by molar-refractivity contribution is 5.68. The molecule has 0 bridgehead atoms. The molecular formula is C18H22N2O2. The maximum atomic E-state index is 11.9. The summed E-state index contributed by atoms with van der Waals surface area (Å²) in [4.78, 5) is 11.9. The second-order valence-corrected chi connectivity index (χ2v) is 5.35. The first kappa shape index (κ1) is 16.0. The summed E-state index contributed by atoms with van der Waals surface area (Å²) in [6.45, 7) is 4.11. The molecule has 0 aromatic heterocycles. The van der Waals surface area contributed by atoms with E-state index in [0.717, 1.165) is 16.7 Å². The number of ether oxygens (including phenoxy) is 1. The molecule has 22 heavy (non-hydrogen) atoms. The van der Waals surface area contributed by atoms with Crippen LogP contribution in [-0.4, -0.2) is 6.09 Å². The fourth-order valence-corrected chi connectivity index (χ4v) is 2.34. The van der Waals surface area contributed by atoms with Gasteiger partial charge in [0.1, 0.15) is 6.61 Å². The van der Waals surface area contributed by atoms with E-state index in [4.69, 9.17) is 10.5 Å². The Balaban J connectivity index is 1.94. The topological polar surface area (TPSA) is 64.3 Å². The minimum atomic E-state index is -0.434. The van der Waals surface area contributed by atoms with E-state index in [2.05, 4.69) is 5.32 Å². The molecule has 0 heterocycles. The maximum Gasteiger partial charge on any atom is 0.407 e. The highest BCUT2D eigenvalue weighted by Crippen LogP contribution is 2.22. The van der Waals surface area contributed by atoms with Gasteiger partial charge in [0.05, 0.1) is 6.04 Å². The number of nitrogens with one attached hydrogen (secondary N) is 1. The van der Waals surface area contributed by atoms with E-state index >= 15 is 0 Å². The zero-order valence-corrected chi connectivity index (χ0v) is 13.0. The zero-order valence-electron chi connectivity index (χ0n) is 13.0. The highest BCUT2D eigenvalue weighted by Gasteiger charge is 2.15. The Labute approximate surface area is 131 Å². The molecule has 0 saturated heterocycles. The summed E-state index contributed by atoms with van der Waals surface area (Å²) < 4.78 is 5.24. The van der Waals surface area contributed by atoms with Gasteiger partial charge in [-0.05, 0) is 30.5 Å². The molecule has 0 spiro atoms. The van der Waals surface area contributed by atoms with Gasteiger partial charge < -0.3 is 15.8 Å². The Kier molecular flexibility index (Phi) is 5.55. The lowest BCUT2D eigenvalue weighted by Crippen LogP contribution is -2.28. The van der Waals surface area contributed by atoms with Crippen LogP contribution < -0.4 is 11.1 Å². The molecule has 4 nitrogen and oxygen atoms in total. The lowest BCUT2D eigenvalue weighted by molar-refractivity contribution is 0.136. The van der Waals surface area contributed by atoms with Gasteiger partial charge in [-0.15, -0.1) is 0 Å². The molecule has 0 unspecified atom stereocenters. The summed E-state index contributed by atoms with van der Waals surface area (Å²) in [6.07, 6.45) is -0.434. The summed E-state index contributed by atoms with van der Waals surface area (Å²) in [5.41, 5.74) is 8.97. The number of carbonyl (C=O) groups excluding carboxylic acids is 1. The Morgan fingerprint density at radius 2 is 1.64 bits per heavy atom. The summed E-state index contributed by atoms with van der Waals surface area (Å²) in [6, 6.07) is 17.2. The zero-order chi connectivity index (χ0) is 15.9. The standard InChI is InChI=1S/C18H22N2O2/c1-13(19)16-10-6-7-11-17(16)14(2)20-18(21)22-12-15-8-4-3-5-9-15/h3-11,13-14H,12,19H2,1-2H3,(H,20,21)/t13-,14-/m1/s1. The van der Waals surface area contributed by atoms with Gasteiger partial charge in [0, 0.05) is 6.04 Å². The van der Waals surface area contributed by atoms with Crippen molar-refractivity contribution in [1.29, 1.82) is 0 Å². The molecule has 2 aromatic rings. The van der Waals surface area contributed by atoms with Crippen LogP contribution in [0.1, 0.15) is 42.6 Å². The third kappa shape index (κ3) is 4.33. The van der Waals surface area contributed by atoms with Crippen molar-refractivity contribution in [2.24, 2.45) is 5.73 Å². The predicted molar refractivity (Wildman–Crippen MR) is 87.2 cm³/mol. The Morgan fingerprint density at radius 1 is 1.05 bits per heavy atom. The molecule has 2 aromatic carbocycles. The van der Waals surface area contributed by atoms with E-state index in [0.29, 0.717) is 0 Å². The van der Waals surface area contributed by atoms with Crippen molar-refractivity contribution < 1.29 is 9.53 Å². The lowest BCUT2D eigenvalue weighted by Gasteiger charge is -2.19. The fourth-order valence-electron chi connectivity index (χ4n) is 2.34. The molecule has 2 rings (SSSR count). The second-order valence-electron chi connectivity index (χ2n) is 5.35. The average Bonchev–Trinajstić information content (AvgIpc) is 2.54. The van der Waals surface area contributed by atoms with Crippen LogP contribution in [0.4, 0.5) is 4.79 Å². The van der Waals surface area contributed by atoms with Crippen molar-refractivity contribution >= 4 is 6.09 Å². The van der Waals surface area contributed by atoms with Gasteiger partial charge in [0.25, 0.3) is 0 Å². The van der Waals surface area contributed by atoms with Crippen LogP contribution >= 0.6 is 0 Å². The smallest absolute Gasteiger partial charge is 0.407 e. The molecule has 2 atom stereocenters. The number of rotatable bonds is 5. The number of alkyl carbamates (subject to hydrolysis) is 1. The van der Waals surface area contributed by atoms with Gasteiger partial charge in [0.15, 0.2) is 0 Å². The molecule has 0 aliphatic heterocycles. The third-order valence-electron chi connectivity index (χ3n) is 3.50. The maximum absolute atomic E-state index is 11.9. The number of carbonyl (C=O) groups is 1. The van der Waals surface area contributed by atoms with Crippen LogP contribution in [0.25, 0.3) is 0 Å². The summed E-state index contributed by atoms with van der Waals surface area (Å²) in [7, 11) is 0. The minimum absolute atomic E-state index is 0.0826. The highest BCUT2D eigenvalue weighted by atomic mass is 16.5. The SMILES string of the molecule is C[C@@H](N)c1ccccc1[C@@H](C)NC(=O)OCc1ccccc1. The van der Waals surface area contributed by atoms with Gasteiger partial charge in [0.2, 0.25) is 0 Å². The van der Waals surface area contributed by atoms with Crippen molar-refractivity contribution in [2.75, 3.05) is 0 Å². The van der Waals surface area contributed by atoms with E-state index in [-0.39, 0.29) is 18.7 Å². The number of hydrogen-bond donors (Lipinski definition) is 2. The van der Waals surface area contributed by atoms with E-state index in [9.17, 15) is 4.79 Å². The lowest BCUT2D eigenvalue weighted by atomic mass is 9.97. The Hall–Kier alpha value is -2.33. The number of benzene rings is 2. The quantitative estimate of drug-likeness (QED) is 0.884. The molecule has 0 aliphatic carbocycles. The molecular weight excluding hydrogens is 276 g/mol. The van der Waals surface area contributed by atoms with E-state index < -0.39 is 6.09 Å². The normalized spacial score (nSPS) is 13.2. The van der Waals surface area contributed by atoms with Gasteiger partial charge in [-0.2, -0.15) is 0 Å². The fraction of sp³-hybridized carbons (Fsp3) is 0.278. The van der Waals surface area contributed by atoms with E-state index in [1.165, 1.54) is 0 Å². The van der Waals surface area contributed by atoms with Crippen LogP contribution in [0.5, 0.6) is 0 Å². The molecule has 0 aliphatic rings. The molecule has 0 fully saturated rings. The Morgan fingerprint density at radius 3 is 2.27 bits per heavy atom. The first-order chi connectivity index (χ1) is 10.6. The molecule has 116 valence electrons. The minimum Gasteiger partial charge on any atom is -0.445 e. The summed E-state index contributed by atoms with van der Waals surface area (Å²) in [5.74, 6) is 0. The van der Waals surface area contributed by atoms with E-state index in [1.54, 1.807) is 0 Å². The monoisotopic (exact) mass is 298 g/mol. The largest absolute Gasteiger partial charge is 0.445 e. The predicted octanol–water partition coefficient (Wildman–Crippen LogP) is 3.69. The molecule has 0 saturated carbocycles. The van der Waals surface area contributed by atoms with Crippen LogP contribution in [-0.2, 0) is 11.3 Å². The van der Waals surface area contributed by atoms with Crippen molar-refractivity contribution in [3.05, 3.63) is 71.3 Å². The average molecular weight is 298 g/mol. The first-order valence-electron chi connectivity index (χ1n) is 7.39. The number of amides is 1. The van der Waals surface area contributed by atoms with Crippen molar-refractivity contribution in [2.45, 2.75) is 32.5 Å². The Bertz CT molecular complexity index is 611. The third-order valence-corrected chi connectivity index (χ3v) is 3.50. The number of nitrogens with two attached hydrogens (primary N) is 1. The van der Waals surface area contributed by atoms with Crippen molar-refractivity contribution in [3.8, 4) is 0 Å². The van der Waals surface area contributed by atoms with Gasteiger partial charge in [-0.3, -0.25) is 0 Å². The molecule has 4 heteroatoms. The van der Waals surface area contributed by atoms with Crippen molar-refractivity contribution in [3.63, 3.8) is 0 Å². The molecule has 0 radical (unpaired) electrons. The van der Waals surface area contributed by atoms with E-state index in [1.807, 2.05) is 68.4 Å². The molecule has 1 amide bonds. The van der Waals surface area contributed by atoms with Crippen molar-refractivity contribution in [1.82, 2.24) is 5.32 Å².